The van der Waals surface area contributed by atoms with Crippen molar-refractivity contribution < 1.29 is 14.3 Å². The van der Waals surface area contributed by atoms with Crippen molar-refractivity contribution in [2.75, 3.05) is 24.3 Å². The van der Waals surface area contributed by atoms with Gasteiger partial charge < -0.3 is 14.8 Å². The molecule has 162 valence electrons. The van der Waals surface area contributed by atoms with Gasteiger partial charge in [-0.25, -0.2) is 4.98 Å². The number of carbonyl (C=O) groups is 1. The fraction of sp³-hybridized carbons (Fsp3) is 0.348. The van der Waals surface area contributed by atoms with Crippen LogP contribution >= 0.6 is 11.8 Å². The number of carbonyl (C=O) groups excluding carboxylic acids is 1. The quantitative estimate of drug-likeness (QED) is 0.426. The van der Waals surface area contributed by atoms with E-state index in [2.05, 4.69) is 10.3 Å². The van der Waals surface area contributed by atoms with Gasteiger partial charge in [0.05, 0.1) is 41.6 Å². The lowest BCUT2D eigenvalue weighted by Gasteiger charge is -2.16. The zero-order valence-electron chi connectivity index (χ0n) is 17.4. The molecule has 0 radical (unpaired) electrons. The average Bonchev–Trinajstić information content (AvgIpc) is 3.29. The van der Waals surface area contributed by atoms with Gasteiger partial charge in [-0.3, -0.25) is 14.2 Å². The number of amides is 1. The highest BCUT2D eigenvalue weighted by atomic mass is 32.2. The van der Waals surface area contributed by atoms with Crippen LogP contribution in [0.15, 0.2) is 58.5 Å². The predicted molar refractivity (Wildman–Crippen MR) is 122 cm³/mol. The second kappa shape index (κ2) is 9.98. The van der Waals surface area contributed by atoms with Crippen LogP contribution in [0.4, 0.5) is 5.69 Å². The smallest absolute Gasteiger partial charge is 0.262 e. The summed E-state index contributed by atoms with van der Waals surface area (Å²) in [7, 11) is 0. The lowest BCUT2D eigenvalue weighted by atomic mass is 10.2. The van der Waals surface area contributed by atoms with E-state index in [0.29, 0.717) is 47.3 Å². The van der Waals surface area contributed by atoms with Crippen molar-refractivity contribution in [2.24, 2.45) is 0 Å². The predicted octanol–water partition coefficient (Wildman–Crippen LogP) is 3.71. The summed E-state index contributed by atoms with van der Waals surface area (Å²) >= 11 is 1.25. The van der Waals surface area contributed by atoms with Gasteiger partial charge >= 0.3 is 0 Å². The van der Waals surface area contributed by atoms with E-state index in [1.807, 2.05) is 43.3 Å². The first-order valence-electron chi connectivity index (χ1n) is 10.4. The summed E-state index contributed by atoms with van der Waals surface area (Å²) in [5, 5.41) is 3.98. The first-order valence-corrected chi connectivity index (χ1v) is 11.4. The van der Waals surface area contributed by atoms with Gasteiger partial charge in [0.25, 0.3) is 5.56 Å². The molecular formula is C23H25N3O4S. The number of anilines is 1. The van der Waals surface area contributed by atoms with E-state index in [9.17, 15) is 9.59 Å². The van der Waals surface area contributed by atoms with Crippen molar-refractivity contribution in [2.45, 2.75) is 37.6 Å². The molecule has 2 aromatic carbocycles. The SMILES string of the molecule is CCOc1ccccc1NC(=O)CSc1nc2ccccc2c(=O)n1C[C@@H]1CCCO1. The minimum atomic E-state index is -0.191. The van der Waals surface area contributed by atoms with Crippen molar-refractivity contribution in [3.63, 3.8) is 0 Å². The van der Waals surface area contributed by atoms with Gasteiger partial charge in [-0.1, -0.05) is 36.0 Å². The minimum Gasteiger partial charge on any atom is -0.492 e. The Bertz CT molecular complexity index is 1130. The van der Waals surface area contributed by atoms with E-state index in [0.717, 1.165) is 12.8 Å². The number of thioether (sulfide) groups is 1. The molecule has 8 heteroatoms. The van der Waals surface area contributed by atoms with Crippen molar-refractivity contribution in [1.82, 2.24) is 9.55 Å². The maximum absolute atomic E-state index is 13.1. The highest BCUT2D eigenvalue weighted by Crippen LogP contribution is 2.25. The van der Waals surface area contributed by atoms with Crippen LogP contribution in [-0.2, 0) is 16.1 Å². The fourth-order valence-electron chi connectivity index (χ4n) is 3.58. The Hall–Kier alpha value is -2.84. The summed E-state index contributed by atoms with van der Waals surface area (Å²) in [6.07, 6.45) is 1.90. The maximum atomic E-state index is 13.1. The molecule has 1 aromatic heterocycles. The van der Waals surface area contributed by atoms with E-state index < -0.39 is 0 Å². The highest BCUT2D eigenvalue weighted by Gasteiger charge is 2.21. The molecule has 1 amide bonds. The number of hydrogen-bond acceptors (Lipinski definition) is 6. The fourth-order valence-corrected chi connectivity index (χ4v) is 4.39. The molecule has 0 unspecified atom stereocenters. The van der Waals surface area contributed by atoms with Crippen molar-refractivity contribution >= 4 is 34.3 Å². The third-order valence-electron chi connectivity index (χ3n) is 5.03. The van der Waals surface area contributed by atoms with Gasteiger partial charge in [0, 0.05) is 6.61 Å². The Morgan fingerprint density at radius 2 is 2.06 bits per heavy atom. The molecule has 1 atom stereocenters. The standard InChI is InChI=1S/C23H25N3O4S/c1-2-29-20-12-6-5-11-19(20)24-21(27)15-31-23-25-18-10-4-3-9-17(18)22(28)26(23)14-16-8-7-13-30-16/h3-6,9-12,16H,2,7-8,13-15H2,1H3,(H,24,27)/t16-/m0/s1. The first kappa shape index (κ1) is 21.4. The zero-order valence-corrected chi connectivity index (χ0v) is 18.2. The normalized spacial score (nSPS) is 15.8. The van der Waals surface area contributed by atoms with Gasteiger partial charge in [0.1, 0.15) is 5.75 Å². The van der Waals surface area contributed by atoms with E-state index >= 15 is 0 Å². The molecule has 1 fully saturated rings. The van der Waals surface area contributed by atoms with Crippen LogP contribution in [0.25, 0.3) is 10.9 Å². The van der Waals surface area contributed by atoms with Crippen LogP contribution in [-0.4, -0.2) is 40.5 Å². The van der Waals surface area contributed by atoms with Crippen LogP contribution in [0.2, 0.25) is 0 Å². The molecule has 0 saturated carbocycles. The third kappa shape index (κ3) is 5.08. The number of nitrogens with one attached hydrogen (secondary N) is 1. The van der Waals surface area contributed by atoms with E-state index in [-0.39, 0.29) is 23.3 Å². The van der Waals surface area contributed by atoms with Crippen molar-refractivity contribution in [1.29, 1.82) is 0 Å². The summed E-state index contributed by atoms with van der Waals surface area (Å²) < 4.78 is 12.9. The number of rotatable bonds is 8. The molecule has 31 heavy (non-hydrogen) atoms. The van der Waals surface area contributed by atoms with Gasteiger partial charge in [-0.05, 0) is 44.0 Å². The minimum absolute atomic E-state index is 0.00749. The molecule has 1 saturated heterocycles. The number of hydrogen-bond donors (Lipinski definition) is 1. The summed E-state index contributed by atoms with van der Waals surface area (Å²) in [6.45, 7) is 3.56. The number of benzene rings is 2. The van der Waals surface area contributed by atoms with Crippen LogP contribution in [0.3, 0.4) is 0 Å². The lowest BCUT2D eigenvalue weighted by molar-refractivity contribution is -0.113. The molecule has 0 spiro atoms. The summed E-state index contributed by atoms with van der Waals surface area (Å²) in [4.78, 5) is 30.4. The summed E-state index contributed by atoms with van der Waals surface area (Å²) in [5.74, 6) is 0.558. The monoisotopic (exact) mass is 439 g/mol. The van der Waals surface area contributed by atoms with Gasteiger partial charge in [-0.15, -0.1) is 0 Å². The molecule has 1 aliphatic rings. The van der Waals surface area contributed by atoms with Crippen LogP contribution < -0.4 is 15.6 Å². The maximum Gasteiger partial charge on any atom is 0.262 e. The zero-order chi connectivity index (χ0) is 21.6. The molecule has 1 aliphatic heterocycles. The van der Waals surface area contributed by atoms with E-state index in [1.165, 1.54) is 11.8 Å². The Kier molecular flexibility index (Phi) is 6.89. The van der Waals surface area contributed by atoms with Gasteiger partial charge in [0.15, 0.2) is 5.16 Å². The van der Waals surface area contributed by atoms with Crippen LogP contribution in [0, 0.1) is 0 Å². The van der Waals surface area contributed by atoms with Gasteiger partial charge in [0.2, 0.25) is 5.91 Å². The first-order chi connectivity index (χ1) is 15.2. The van der Waals surface area contributed by atoms with Gasteiger partial charge in [-0.2, -0.15) is 0 Å². The number of ether oxygens (including phenoxy) is 2. The third-order valence-corrected chi connectivity index (χ3v) is 6.01. The van der Waals surface area contributed by atoms with E-state index in [1.54, 1.807) is 16.7 Å². The number of para-hydroxylation sites is 3. The Balaban J connectivity index is 1.54. The van der Waals surface area contributed by atoms with E-state index in [4.69, 9.17) is 9.47 Å². The molecule has 2 heterocycles. The topological polar surface area (TPSA) is 82.5 Å². The summed E-state index contributed by atoms with van der Waals surface area (Å²) in [6, 6.07) is 14.6. The van der Waals surface area contributed by atoms with Crippen LogP contribution in [0.5, 0.6) is 5.75 Å². The van der Waals surface area contributed by atoms with Crippen molar-refractivity contribution in [3.8, 4) is 5.75 Å². The largest absolute Gasteiger partial charge is 0.492 e. The van der Waals surface area contributed by atoms with Crippen molar-refractivity contribution in [3.05, 3.63) is 58.9 Å². The highest BCUT2D eigenvalue weighted by molar-refractivity contribution is 7.99. The Morgan fingerprint density at radius 3 is 2.87 bits per heavy atom. The average molecular weight is 440 g/mol. The molecular weight excluding hydrogens is 414 g/mol. The second-order valence-corrected chi connectivity index (χ2v) is 8.17. The molecule has 3 aromatic rings. The second-order valence-electron chi connectivity index (χ2n) is 7.23. The summed E-state index contributed by atoms with van der Waals surface area (Å²) in [5.41, 5.74) is 1.14. The molecule has 0 aliphatic carbocycles. The molecule has 7 nitrogen and oxygen atoms in total. The Morgan fingerprint density at radius 1 is 1.26 bits per heavy atom. The Labute approximate surface area is 184 Å². The number of fused-ring (bicyclic) bond motifs is 1. The molecule has 0 bridgehead atoms. The number of aromatic nitrogens is 2. The number of nitrogens with zero attached hydrogens (tertiary/aromatic N) is 2. The van der Waals surface area contributed by atoms with Crippen LogP contribution in [0.1, 0.15) is 19.8 Å². The molecule has 1 N–H and O–H groups in total. The molecule has 4 rings (SSSR count). The lowest BCUT2D eigenvalue weighted by Crippen LogP contribution is -2.29.